The molecule has 0 spiro atoms. The van der Waals surface area contributed by atoms with E-state index in [9.17, 15) is 4.39 Å². The summed E-state index contributed by atoms with van der Waals surface area (Å²) in [7, 11) is 1.75. The Hall–Kier alpha value is -0.410. The summed E-state index contributed by atoms with van der Waals surface area (Å²) in [5.74, 6) is 0. The van der Waals surface area contributed by atoms with E-state index in [2.05, 4.69) is 21.2 Å². The van der Waals surface area contributed by atoms with Crippen LogP contribution in [0.25, 0.3) is 0 Å². The molecule has 0 bridgehead atoms. The molecule has 1 aromatic carbocycles. The minimum atomic E-state index is -1.30. The molecule has 0 aromatic heterocycles. The second-order valence-corrected chi connectivity index (χ2v) is 4.15. The minimum absolute atomic E-state index is 0.328. The molecule has 0 heterocycles. The summed E-state index contributed by atoms with van der Waals surface area (Å²) in [6, 6.07) is 7.29. The summed E-state index contributed by atoms with van der Waals surface area (Å²) in [6.45, 7) is 1.90. The van der Waals surface area contributed by atoms with Crippen molar-refractivity contribution in [2.24, 2.45) is 0 Å². The van der Waals surface area contributed by atoms with Gasteiger partial charge in [-0.1, -0.05) is 28.1 Å². The van der Waals surface area contributed by atoms with Gasteiger partial charge in [0.15, 0.2) is 0 Å². The summed E-state index contributed by atoms with van der Waals surface area (Å²) in [6.07, 6.45) is 0. The lowest BCUT2D eigenvalue weighted by molar-refractivity contribution is 0.191. The number of halogens is 2. The van der Waals surface area contributed by atoms with Crippen molar-refractivity contribution in [1.29, 1.82) is 0 Å². The highest BCUT2D eigenvalue weighted by Gasteiger charge is 2.24. The molecule has 13 heavy (non-hydrogen) atoms. The molecule has 0 aliphatic rings. The molecular weight excluding hydrogens is 233 g/mol. The third-order valence-electron chi connectivity index (χ3n) is 1.95. The van der Waals surface area contributed by atoms with Crippen LogP contribution in [0.1, 0.15) is 12.5 Å². The van der Waals surface area contributed by atoms with E-state index in [0.29, 0.717) is 12.1 Å². The first-order chi connectivity index (χ1) is 6.06. The van der Waals surface area contributed by atoms with Crippen LogP contribution in [0.15, 0.2) is 28.7 Å². The molecule has 3 heteroatoms. The van der Waals surface area contributed by atoms with Crippen LogP contribution in [0.3, 0.4) is 0 Å². The van der Waals surface area contributed by atoms with Gasteiger partial charge in [0.2, 0.25) is 0 Å². The summed E-state index contributed by atoms with van der Waals surface area (Å²) in [4.78, 5) is 0. The van der Waals surface area contributed by atoms with Crippen molar-refractivity contribution in [3.8, 4) is 0 Å². The van der Waals surface area contributed by atoms with Crippen molar-refractivity contribution in [3.05, 3.63) is 34.3 Å². The SMILES string of the molecule is CNCC(C)(F)c1ccc(Br)cc1. The summed E-state index contributed by atoms with van der Waals surface area (Å²) >= 11 is 3.31. The van der Waals surface area contributed by atoms with Gasteiger partial charge in [-0.3, -0.25) is 0 Å². The normalized spacial score (nSPS) is 15.4. The van der Waals surface area contributed by atoms with Crippen LogP contribution in [-0.4, -0.2) is 13.6 Å². The van der Waals surface area contributed by atoms with E-state index >= 15 is 0 Å². The topological polar surface area (TPSA) is 12.0 Å². The second kappa shape index (κ2) is 4.20. The molecule has 1 unspecified atom stereocenters. The minimum Gasteiger partial charge on any atom is -0.316 e. The Bertz CT molecular complexity index is 269. The molecule has 0 aliphatic carbocycles. The molecule has 0 amide bonds. The van der Waals surface area contributed by atoms with E-state index in [0.717, 1.165) is 4.47 Å². The lowest BCUT2D eigenvalue weighted by Gasteiger charge is -2.20. The molecule has 0 saturated heterocycles. The van der Waals surface area contributed by atoms with Crippen LogP contribution >= 0.6 is 15.9 Å². The molecule has 1 aromatic rings. The number of likely N-dealkylation sites (N-methyl/N-ethyl adjacent to an activating group) is 1. The molecular formula is C10H13BrFN. The Morgan fingerprint density at radius 1 is 1.38 bits per heavy atom. The Balaban J connectivity index is 2.87. The average molecular weight is 246 g/mol. The Labute approximate surface area is 86.5 Å². The van der Waals surface area contributed by atoms with Crippen molar-refractivity contribution in [1.82, 2.24) is 5.32 Å². The lowest BCUT2D eigenvalue weighted by atomic mass is 9.98. The molecule has 0 saturated carbocycles. The molecule has 0 radical (unpaired) electrons. The van der Waals surface area contributed by atoms with E-state index in [-0.39, 0.29) is 0 Å². The van der Waals surface area contributed by atoms with E-state index in [1.54, 1.807) is 26.1 Å². The van der Waals surface area contributed by atoms with Crippen molar-refractivity contribution < 1.29 is 4.39 Å². The highest BCUT2D eigenvalue weighted by atomic mass is 79.9. The second-order valence-electron chi connectivity index (χ2n) is 3.23. The number of hydrogen-bond donors (Lipinski definition) is 1. The predicted octanol–water partition coefficient (Wildman–Crippen LogP) is 2.85. The highest BCUT2D eigenvalue weighted by Crippen LogP contribution is 2.25. The lowest BCUT2D eigenvalue weighted by Crippen LogP contribution is -2.29. The monoisotopic (exact) mass is 245 g/mol. The first-order valence-corrected chi connectivity index (χ1v) is 4.95. The maximum Gasteiger partial charge on any atom is 0.145 e. The van der Waals surface area contributed by atoms with E-state index in [4.69, 9.17) is 0 Å². The van der Waals surface area contributed by atoms with Gasteiger partial charge in [-0.2, -0.15) is 0 Å². The van der Waals surface area contributed by atoms with Crippen LogP contribution in [-0.2, 0) is 5.67 Å². The first kappa shape index (κ1) is 10.7. The maximum absolute atomic E-state index is 13.9. The predicted molar refractivity (Wildman–Crippen MR) is 56.5 cm³/mol. The van der Waals surface area contributed by atoms with Crippen molar-refractivity contribution in [3.63, 3.8) is 0 Å². The zero-order chi connectivity index (χ0) is 9.90. The largest absolute Gasteiger partial charge is 0.316 e. The van der Waals surface area contributed by atoms with Gasteiger partial charge in [-0.25, -0.2) is 4.39 Å². The first-order valence-electron chi connectivity index (χ1n) is 4.16. The van der Waals surface area contributed by atoms with Gasteiger partial charge in [0, 0.05) is 11.0 Å². The Kier molecular flexibility index (Phi) is 3.45. The quantitative estimate of drug-likeness (QED) is 0.864. The van der Waals surface area contributed by atoms with E-state index in [1.165, 1.54) is 0 Å². The fraction of sp³-hybridized carbons (Fsp3) is 0.400. The standard InChI is InChI=1S/C10H13BrFN/c1-10(12,7-13-2)8-3-5-9(11)6-4-8/h3-6,13H,7H2,1-2H3. The van der Waals surface area contributed by atoms with Crippen LogP contribution in [0, 0.1) is 0 Å². The number of hydrogen-bond acceptors (Lipinski definition) is 1. The molecule has 1 nitrogen and oxygen atoms in total. The third-order valence-corrected chi connectivity index (χ3v) is 2.48. The van der Waals surface area contributed by atoms with Crippen LogP contribution < -0.4 is 5.32 Å². The molecule has 0 fully saturated rings. The summed E-state index contributed by atoms with van der Waals surface area (Å²) < 4.78 is 14.8. The highest BCUT2D eigenvalue weighted by molar-refractivity contribution is 9.10. The Morgan fingerprint density at radius 2 is 1.92 bits per heavy atom. The molecule has 1 atom stereocenters. The zero-order valence-electron chi connectivity index (χ0n) is 7.77. The van der Waals surface area contributed by atoms with Gasteiger partial charge < -0.3 is 5.32 Å². The number of nitrogens with one attached hydrogen (secondary N) is 1. The van der Waals surface area contributed by atoms with Gasteiger partial charge in [0.25, 0.3) is 0 Å². The number of alkyl halides is 1. The summed E-state index contributed by atoms with van der Waals surface area (Å²) in [5, 5.41) is 2.83. The van der Waals surface area contributed by atoms with Gasteiger partial charge in [-0.05, 0) is 31.7 Å². The van der Waals surface area contributed by atoms with Crippen molar-refractivity contribution >= 4 is 15.9 Å². The van der Waals surface area contributed by atoms with Gasteiger partial charge in [-0.15, -0.1) is 0 Å². The van der Waals surface area contributed by atoms with Gasteiger partial charge in [0.1, 0.15) is 5.67 Å². The van der Waals surface area contributed by atoms with Gasteiger partial charge >= 0.3 is 0 Å². The summed E-state index contributed by atoms with van der Waals surface area (Å²) in [5.41, 5.74) is -0.597. The molecule has 72 valence electrons. The zero-order valence-corrected chi connectivity index (χ0v) is 9.36. The molecule has 1 N–H and O–H groups in total. The Morgan fingerprint density at radius 3 is 2.38 bits per heavy atom. The fourth-order valence-electron chi connectivity index (χ4n) is 1.23. The molecule has 0 aliphatic heterocycles. The fourth-order valence-corrected chi connectivity index (χ4v) is 1.50. The number of benzene rings is 1. The maximum atomic E-state index is 13.9. The van der Waals surface area contributed by atoms with Gasteiger partial charge in [0.05, 0.1) is 0 Å². The molecule has 1 rings (SSSR count). The van der Waals surface area contributed by atoms with E-state index < -0.39 is 5.67 Å². The van der Waals surface area contributed by atoms with Crippen molar-refractivity contribution in [2.75, 3.05) is 13.6 Å². The number of rotatable bonds is 3. The van der Waals surface area contributed by atoms with E-state index in [1.807, 2.05) is 12.1 Å². The van der Waals surface area contributed by atoms with Crippen LogP contribution in [0.2, 0.25) is 0 Å². The smallest absolute Gasteiger partial charge is 0.145 e. The van der Waals surface area contributed by atoms with Crippen LogP contribution in [0.4, 0.5) is 4.39 Å². The third kappa shape index (κ3) is 2.78. The van der Waals surface area contributed by atoms with Crippen LogP contribution in [0.5, 0.6) is 0 Å². The average Bonchev–Trinajstić information content (AvgIpc) is 2.05. The van der Waals surface area contributed by atoms with Crippen molar-refractivity contribution in [2.45, 2.75) is 12.6 Å².